The minimum absolute atomic E-state index is 0.0219. The molecule has 0 saturated carbocycles. The highest BCUT2D eigenvalue weighted by atomic mass is 35.5. The van der Waals surface area contributed by atoms with Gasteiger partial charge in [0.05, 0.1) is 10.7 Å². The number of nitrogens with one attached hydrogen (secondary N) is 2. The Hall–Kier alpha value is -1.79. The van der Waals surface area contributed by atoms with Crippen LogP contribution in [0.5, 0.6) is 0 Å². The summed E-state index contributed by atoms with van der Waals surface area (Å²) in [6, 6.07) is 5.42. The maximum atomic E-state index is 12.4. The zero-order valence-corrected chi connectivity index (χ0v) is 12.7. The van der Waals surface area contributed by atoms with Gasteiger partial charge >= 0.3 is 0 Å². The molecule has 4 N–H and O–H groups in total. The summed E-state index contributed by atoms with van der Waals surface area (Å²) in [5, 5.41) is 6.92. The molecule has 2 heterocycles. The van der Waals surface area contributed by atoms with Gasteiger partial charge in [0.15, 0.2) is 0 Å². The lowest BCUT2D eigenvalue weighted by Crippen LogP contribution is -2.47. The second-order valence-electron chi connectivity index (χ2n) is 4.97. The number of rotatable bonds is 2. The highest BCUT2D eigenvalue weighted by Gasteiger charge is 2.23. The van der Waals surface area contributed by atoms with Crippen LogP contribution >= 0.6 is 22.9 Å². The van der Waals surface area contributed by atoms with Gasteiger partial charge in [0.1, 0.15) is 4.88 Å². The van der Waals surface area contributed by atoms with Gasteiger partial charge in [-0.15, -0.1) is 11.3 Å². The maximum absolute atomic E-state index is 12.4. The lowest BCUT2D eigenvalue weighted by molar-refractivity contribution is -0.122. The normalized spacial score (nSPS) is 18.5. The van der Waals surface area contributed by atoms with Gasteiger partial charge in [0, 0.05) is 29.1 Å². The second kappa shape index (κ2) is 5.54. The molecule has 2 aromatic rings. The fraction of sp³-hybridized carbons (Fsp3) is 0.286. The van der Waals surface area contributed by atoms with Crippen LogP contribution in [-0.2, 0) is 4.79 Å². The number of piperidine rings is 1. The van der Waals surface area contributed by atoms with Gasteiger partial charge in [0.25, 0.3) is 5.91 Å². The van der Waals surface area contributed by atoms with Gasteiger partial charge < -0.3 is 16.4 Å². The second-order valence-corrected chi connectivity index (χ2v) is 6.43. The summed E-state index contributed by atoms with van der Waals surface area (Å²) in [6.07, 6.45) is 1.07. The molecule has 7 heteroatoms. The van der Waals surface area contributed by atoms with Crippen molar-refractivity contribution in [2.24, 2.45) is 0 Å². The highest BCUT2D eigenvalue weighted by Crippen LogP contribution is 2.37. The van der Waals surface area contributed by atoms with Crippen LogP contribution in [-0.4, -0.2) is 24.4 Å². The van der Waals surface area contributed by atoms with E-state index in [2.05, 4.69) is 10.6 Å². The first kappa shape index (κ1) is 14.2. The molecule has 1 atom stereocenters. The quantitative estimate of drug-likeness (QED) is 0.791. The summed E-state index contributed by atoms with van der Waals surface area (Å²) in [6.45, 7) is 0.454. The number of carbonyl (C=O) groups is 2. The van der Waals surface area contributed by atoms with E-state index in [-0.39, 0.29) is 17.9 Å². The van der Waals surface area contributed by atoms with E-state index in [0.717, 1.165) is 10.1 Å². The predicted molar refractivity (Wildman–Crippen MR) is 84.7 cm³/mol. The lowest BCUT2D eigenvalue weighted by Gasteiger charge is -2.23. The third-order valence-electron chi connectivity index (χ3n) is 3.51. The molecule has 1 aromatic heterocycles. The van der Waals surface area contributed by atoms with E-state index in [1.807, 2.05) is 12.1 Å². The van der Waals surface area contributed by atoms with Crippen LogP contribution in [0.4, 0.5) is 5.69 Å². The number of carbonyl (C=O) groups excluding carboxylic acids is 2. The van der Waals surface area contributed by atoms with E-state index in [1.54, 1.807) is 6.07 Å². The summed E-state index contributed by atoms with van der Waals surface area (Å²) in [4.78, 5) is 23.9. The third kappa shape index (κ3) is 2.69. The van der Waals surface area contributed by atoms with Crippen molar-refractivity contribution >= 4 is 50.5 Å². The van der Waals surface area contributed by atoms with Crippen molar-refractivity contribution in [2.45, 2.75) is 18.9 Å². The van der Waals surface area contributed by atoms with Gasteiger partial charge in [-0.1, -0.05) is 17.7 Å². The predicted octanol–water partition coefficient (Wildman–Crippen LogP) is 2.15. The number of nitrogens with two attached hydrogens (primary N) is 1. The minimum atomic E-state index is -0.217. The topological polar surface area (TPSA) is 84.2 Å². The molecule has 2 amide bonds. The number of nitrogen functional groups attached to an aromatic ring is 1. The number of benzene rings is 1. The Labute approximate surface area is 130 Å². The average molecular weight is 324 g/mol. The molecular weight excluding hydrogens is 310 g/mol. The molecule has 1 aliphatic rings. The van der Waals surface area contributed by atoms with Crippen molar-refractivity contribution in [1.29, 1.82) is 0 Å². The summed E-state index contributed by atoms with van der Waals surface area (Å²) in [5.41, 5.74) is 6.48. The van der Waals surface area contributed by atoms with Crippen LogP contribution in [0, 0.1) is 0 Å². The number of anilines is 1. The van der Waals surface area contributed by atoms with Crippen molar-refractivity contribution in [3.63, 3.8) is 0 Å². The zero-order chi connectivity index (χ0) is 15.0. The summed E-state index contributed by atoms with van der Waals surface area (Å²) >= 11 is 7.46. The molecule has 110 valence electrons. The van der Waals surface area contributed by atoms with Crippen molar-refractivity contribution in [3.05, 3.63) is 28.1 Å². The lowest BCUT2D eigenvalue weighted by atomic mass is 10.1. The Morgan fingerprint density at radius 1 is 1.48 bits per heavy atom. The fourth-order valence-corrected chi connectivity index (χ4v) is 3.79. The Balaban J connectivity index is 1.83. The standard InChI is InChI=1S/C14H14ClN3O2S/c15-8-2-1-3-9-11(8)12(16)13(21-9)14(20)18-7-4-5-10(19)17-6-7/h1-3,7H,4-6,16H2,(H,17,19)(H,18,20). The van der Waals surface area contributed by atoms with Crippen LogP contribution in [0.3, 0.4) is 0 Å². The van der Waals surface area contributed by atoms with Gasteiger partial charge in [-0.2, -0.15) is 0 Å². The first-order valence-electron chi connectivity index (χ1n) is 6.60. The molecule has 1 aliphatic heterocycles. The van der Waals surface area contributed by atoms with Crippen LogP contribution in [0.25, 0.3) is 10.1 Å². The first-order chi connectivity index (χ1) is 10.1. The molecule has 0 spiro atoms. The molecule has 1 saturated heterocycles. The summed E-state index contributed by atoms with van der Waals surface area (Å²) in [5.74, 6) is -0.195. The number of hydrogen-bond donors (Lipinski definition) is 3. The van der Waals surface area contributed by atoms with Crippen LogP contribution in [0.1, 0.15) is 22.5 Å². The van der Waals surface area contributed by atoms with Crippen molar-refractivity contribution in [3.8, 4) is 0 Å². The van der Waals surface area contributed by atoms with Crippen molar-refractivity contribution in [2.75, 3.05) is 12.3 Å². The molecule has 0 bridgehead atoms. The maximum Gasteiger partial charge on any atom is 0.263 e. The van der Waals surface area contributed by atoms with Gasteiger partial charge in [-0.05, 0) is 18.6 Å². The van der Waals surface area contributed by atoms with Gasteiger partial charge in [0.2, 0.25) is 5.91 Å². The molecule has 1 unspecified atom stereocenters. The molecule has 5 nitrogen and oxygen atoms in total. The number of halogens is 1. The van der Waals surface area contributed by atoms with E-state index in [9.17, 15) is 9.59 Å². The number of thiophene rings is 1. The van der Waals surface area contributed by atoms with Crippen molar-refractivity contribution in [1.82, 2.24) is 10.6 Å². The molecule has 0 aliphatic carbocycles. The third-order valence-corrected chi connectivity index (χ3v) is 4.99. The van der Waals surface area contributed by atoms with E-state index >= 15 is 0 Å². The first-order valence-corrected chi connectivity index (χ1v) is 7.79. The largest absolute Gasteiger partial charge is 0.397 e. The van der Waals surface area contributed by atoms with E-state index in [0.29, 0.717) is 35.0 Å². The SMILES string of the molecule is Nc1c(C(=O)NC2CCC(=O)NC2)sc2cccc(Cl)c12. The van der Waals surface area contributed by atoms with Gasteiger partial charge in [-0.25, -0.2) is 0 Å². The van der Waals surface area contributed by atoms with Crippen LogP contribution in [0.15, 0.2) is 18.2 Å². The van der Waals surface area contributed by atoms with Crippen molar-refractivity contribution < 1.29 is 9.59 Å². The van der Waals surface area contributed by atoms with E-state index in [1.165, 1.54) is 11.3 Å². The van der Waals surface area contributed by atoms with E-state index < -0.39 is 0 Å². The molecular formula is C14H14ClN3O2S. The Morgan fingerprint density at radius 2 is 2.29 bits per heavy atom. The fourth-order valence-electron chi connectivity index (χ4n) is 2.40. The highest BCUT2D eigenvalue weighted by molar-refractivity contribution is 7.21. The van der Waals surface area contributed by atoms with Gasteiger partial charge in [-0.3, -0.25) is 9.59 Å². The van der Waals surface area contributed by atoms with Crippen LogP contribution < -0.4 is 16.4 Å². The number of hydrogen-bond acceptors (Lipinski definition) is 4. The van der Waals surface area contributed by atoms with E-state index in [4.69, 9.17) is 17.3 Å². The summed E-state index contributed by atoms with van der Waals surface area (Å²) in [7, 11) is 0. The number of fused-ring (bicyclic) bond motifs is 1. The Kier molecular flexibility index (Phi) is 3.73. The summed E-state index contributed by atoms with van der Waals surface area (Å²) < 4.78 is 0.891. The molecule has 1 fully saturated rings. The monoisotopic (exact) mass is 323 g/mol. The molecule has 1 aromatic carbocycles. The Bertz CT molecular complexity index is 718. The molecule has 21 heavy (non-hydrogen) atoms. The zero-order valence-electron chi connectivity index (χ0n) is 11.1. The number of amides is 2. The average Bonchev–Trinajstić information content (AvgIpc) is 2.80. The molecule has 3 rings (SSSR count). The molecule has 0 radical (unpaired) electrons. The minimum Gasteiger partial charge on any atom is -0.397 e. The smallest absolute Gasteiger partial charge is 0.263 e. The Morgan fingerprint density at radius 3 is 2.95 bits per heavy atom. The van der Waals surface area contributed by atoms with Crippen LogP contribution in [0.2, 0.25) is 5.02 Å².